The lowest BCUT2D eigenvalue weighted by Gasteiger charge is -2.03. The van der Waals surface area contributed by atoms with Gasteiger partial charge in [0.05, 0.1) is 0 Å². The minimum absolute atomic E-state index is 0.00403. The van der Waals surface area contributed by atoms with Crippen molar-refractivity contribution in [1.29, 1.82) is 0 Å². The van der Waals surface area contributed by atoms with Gasteiger partial charge in [-0.05, 0) is 19.1 Å². The number of thiocarbonyl (C=S) groups is 1. The minimum atomic E-state index is -1.16. The zero-order valence-corrected chi connectivity index (χ0v) is 9.42. The number of carboxylic acid groups (broad SMARTS) is 1. The van der Waals surface area contributed by atoms with Gasteiger partial charge in [-0.15, -0.1) is 0 Å². The minimum Gasteiger partial charge on any atom is -0.477 e. The van der Waals surface area contributed by atoms with Crippen molar-refractivity contribution in [3.8, 4) is 0 Å². The second-order valence-electron chi connectivity index (χ2n) is 2.92. The molecule has 0 aliphatic heterocycles. The average Bonchev–Trinajstić information content (AvgIpc) is 2.13. The van der Waals surface area contributed by atoms with Gasteiger partial charge in [0.25, 0.3) is 5.56 Å². The van der Waals surface area contributed by atoms with Gasteiger partial charge < -0.3 is 10.1 Å². The van der Waals surface area contributed by atoms with Crippen LogP contribution in [-0.4, -0.2) is 25.9 Å². The first-order chi connectivity index (χ1) is 6.91. The van der Waals surface area contributed by atoms with E-state index in [4.69, 9.17) is 17.3 Å². The molecule has 1 heterocycles. The lowest BCUT2D eigenvalue weighted by molar-refractivity contribution is -0.129. The molecule has 0 bridgehead atoms. The fraction of sp³-hybridized carbons (Fsp3) is 0.250. The lowest BCUT2D eigenvalue weighted by atomic mass is 10.1. The number of aromatic nitrogens is 2. The van der Waals surface area contributed by atoms with E-state index < -0.39 is 5.97 Å². The van der Waals surface area contributed by atoms with E-state index >= 15 is 0 Å². The Labute approximate surface area is 95.2 Å². The largest absolute Gasteiger partial charge is 0.477 e. The molecule has 1 aromatic heterocycles. The number of rotatable bonds is 3. The summed E-state index contributed by atoms with van der Waals surface area (Å²) in [5.74, 6) is -1.16. The smallest absolute Gasteiger partial charge is 0.342 e. The van der Waals surface area contributed by atoms with E-state index in [2.05, 4.69) is 22.2 Å². The molecule has 0 radical (unpaired) electrons. The second-order valence-corrected chi connectivity index (χ2v) is 3.82. The van der Waals surface area contributed by atoms with Crippen LogP contribution in [0.5, 0.6) is 0 Å². The molecule has 5 nitrogen and oxygen atoms in total. The van der Waals surface area contributed by atoms with Gasteiger partial charge in [-0.25, -0.2) is 4.79 Å². The van der Waals surface area contributed by atoms with Crippen LogP contribution in [-0.2, 0) is 11.2 Å². The van der Waals surface area contributed by atoms with E-state index in [-0.39, 0.29) is 21.6 Å². The Kier molecular flexibility index (Phi) is 3.48. The van der Waals surface area contributed by atoms with Gasteiger partial charge in [-0.2, -0.15) is 0 Å². The van der Waals surface area contributed by atoms with Crippen molar-refractivity contribution in [1.82, 2.24) is 9.97 Å². The van der Waals surface area contributed by atoms with Crippen LogP contribution in [0.4, 0.5) is 0 Å². The molecule has 1 aromatic rings. The molecule has 0 atom stereocenters. The number of carbonyl (C=O) groups is 1. The van der Waals surface area contributed by atoms with Crippen molar-refractivity contribution in [2.24, 2.45) is 0 Å². The van der Waals surface area contributed by atoms with Crippen LogP contribution in [0, 0.1) is 11.7 Å². The number of aliphatic carboxylic acids is 1. The monoisotopic (exact) mass is 244 g/mol. The highest BCUT2D eigenvalue weighted by Gasteiger charge is 2.11. The van der Waals surface area contributed by atoms with E-state index in [0.717, 1.165) is 0 Å². The summed E-state index contributed by atoms with van der Waals surface area (Å²) >= 11 is 9.40. The molecular weight excluding hydrogens is 236 g/mol. The van der Waals surface area contributed by atoms with Crippen molar-refractivity contribution in [2.75, 3.05) is 0 Å². The van der Waals surface area contributed by atoms with Gasteiger partial charge in [-0.3, -0.25) is 9.78 Å². The van der Waals surface area contributed by atoms with Crippen LogP contribution in [0.1, 0.15) is 11.3 Å². The van der Waals surface area contributed by atoms with Crippen LogP contribution in [0.25, 0.3) is 0 Å². The number of H-pyrrole nitrogens is 2. The zero-order valence-electron chi connectivity index (χ0n) is 7.79. The molecule has 3 N–H and O–H groups in total. The lowest BCUT2D eigenvalue weighted by Crippen LogP contribution is -2.20. The number of hydrogen-bond acceptors (Lipinski definition) is 4. The standard InChI is InChI=1S/C8H8N2O3S2/c1-3-4(2-5(14)7(12)13)9-8(15)10-6(3)11/h2H2,1H3,(H,12,13)(H2,9,10,11,15). The molecule has 7 heteroatoms. The molecule has 0 saturated carbocycles. The van der Waals surface area contributed by atoms with Crippen LogP contribution in [0.15, 0.2) is 4.79 Å². The predicted molar refractivity (Wildman–Crippen MR) is 60.9 cm³/mol. The summed E-state index contributed by atoms with van der Waals surface area (Å²) in [6.07, 6.45) is 0.00403. The van der Waals surface area contributed by atoms with Crippen molar-refractivity contribution in [3.05, 3.63) is 26.4 Å². The van der Waals surface area contributed by atoms with E-state index in [0.29, 0.717) is 11.3 Å². The van der Waals surface area contributed by atoms with E-state index in [1.165, 1.54) is 0 Å². The Hall–Kier alpha value is -1.34. The molecule has 80 valence electrons. The Morgan fingerprint density at radius 3 is 2.60 bits per heavy atom. The van der Waals surface area contributed by atoms with Crippen molar-refractivity contribution < 1.29 is 9.90 Å². The maximum atomic E-state index is 11.3. The number of aromatic amines is 2. The molecule has 1 rings (SSSR count). The summed E-state index contributed by atoms with van der Waals surface area (Å²) in [5.41, 5.74) is 0.505. The highest BCUT2D eigenvalue weighted by molar-refractivity contribution is 7.82. The first-order valence-corrected chi connectivity index (χ1v) is 4.81. The quantitative estimate of drug-likeness (QED) is 0.683. The summed E-state index contributed by atoms with van der Waals surface area (Å²) in [6.45, 7) is 1.57. The number of nitrogens with one attached hydrogen (secondary N) is 2. The third kappa shape index (κ3) is 2.80. The Bertz CT molecular complexity index is 529. The van der Waals surface area contributed by atoms with E-state index in [1.54, 1.807) is 6.92 Å². The van der Waals surface area contributed by atoms with Crippen LogP contribution in [0.3, 0.4) is 0 Å². The molecular formula is C8H8N2O3S2. The zero-order chi connectivity index (χ0) is 11.6. The maximum absolute atomic E-state index is 11.3. The normalized spacial score (nSPS) is 9.93. The Balaban J connectivity index is 3.16. The fourth-order valence-corrected chi connectivity index (χ4v) is 1.37. The Morgan fingerprint density at radius 2 is 2.07 bits per heavy atom. The van der Waals surface area contributed by atoms with Gasteiger partial charge in [-0.1, -0.05) is 12.2 Å². The number of carboxylic acids is 1. The summed E-state index contributed by atoms with van der Waals surface area (Å²) in [5, 5.41) is 8.61. The third-order valence-electron chi connectivity index (χ3n) is 1.86. The van der Waals surface area contributed by atoms with Gasteiger partial charge in [0.2, 0.25) is 0 Å². The van der Waals surface area contributed by atoms with Gasteiger partial charge in [0.1, 0.15) is 4.86 Å². The van der Waals surface area contributed by atoms with Gasteiger partial charge in [0.15, 0.2) is 4.77 Å². The van der Waals surface area contributed by atoms with Crippen LogP contribution < -0.4 is 5.56 Å². The van der Waals surface area contributed by atoms with E-state index in [9.17, 15) is 9.59 Å². The molecule has 15 heavy (non-hydrogen) atoms. The maximum Gasteiger partial charge on any atom is 0.342 e. The summed E-state index contributed by atoms with van der Waals surface area (Å²) in [6, 6.07) is 0. The molecule has 0 unspecified atom stereocenters. The van der Waals surface area contributed by atoms with Gasteiger partial charge in [0, 0.05) is 17.7 Å². The van der Waals surface area contributed by atoms with Crippen molar-refractivity contribution in [3.63, 3.8) is 0 Å². The predicted octanol–water partition coefficient (Wildman–Crippen LogP) is 0.738. The van der Waals surface area contributed by atoms with Gasteiger partial charge >= 0.3 is 5.97 Å². The molecule has 0 spiro atoms. The Morgan fingerprint density at radius 1 is 1.47 bits per heavy atom. The summed E-state index contributed by atoms with van der Waals surface area (Å²) in [4.78, 5) is 26.7. The van der Waals surface area contributed by atoms with Crippen molar-refractivity contribution >= 4 is 35.3 Å². The molecule has 0 saturated heterocycles. The molecule has 0 aliphatic rings. The third-order valence-corrected chi connectivity index (χ3v) is 2.38. The first kappa shape index (κ1) is 11.7. The summed E-state index contributed by atoms with van der Waals surface area (Å²) < 4.78 is 0.161. The first-order valence-electron chi connectivity index (χ1n) is 4.00. The molecule has 0 aromatic carbocycles. The van der Waals surface area contributed by atoms with Crippen LogP contribution >= 0.6 is 24.4 Å². The average molecular weight is 244 g/mol. The fourth-order valence-electron chi connectivity index (χ4n) is 1.01. The van der Waals surface area contributed by atoms with E-state index in [1.807, 2.05) is 0 Å². The highest BCUT2D eigenvalue weighted by Crippen LogP contribution is 2.01. The second kappa shape index (κ2) is 4.45. The highest BCUT2D eigenvalue weighted by atomic mass is 32.1. The molecule has 0 aliphatic carbocycles. The molecule has 0 fully saturated rings. The molecule has 0 amide bonds. The van der Waals surface area contributed by atoms with Crippen LogP contribution in [0.2, 0.25) is 0 Å². The number of hydrogen-bond donors (Lipinski definition) is 3. The topological polar surface area (TPSA) is 85.9 Å². The van der Waals surface area contributed by atoms with Crippen molar-refractivity contribution in [2.45, 2.75) is 13.3 Å². The SMILES string of the molecule is Cc1c(CC(=S)C(=O)O)[nH]c(=S)[nH]c1=O. The summed E-state index contributed by atoms with van der Waals surface area (Å²) in [7, 11) is 0.